The maximum absolute atomic E-state index is 6.72. The van der Waals surface area contributed by atoms with Crippen LogP contribution in [0.15, 0.2) is 306 Å². The highest BCUT2D eigenvalue weighted by Crippen LogP contribution is 2.49. The number of nitrogens with zero attached hydrogens (tertiary/aromatic N) is 6. The summed E-state index contributed by atoms with van der Waals surface area (Å²) in [4.78, 5) is 13.7. The second kappa shape index (κ2) is 34.9. The number of rotatable bonds is 28. The molecule has 632 valence electrons. The highest BCUT2D eigenvalue weighted by atomic mass is 16.5. The van der Waals surface area contributed by atoms with Crippen LogP contribution in [0.1, 0.15) is 142 Å². The van der Waals surface area contributed by atoms with Gasteiger partial charge in [0.2, 0.25) is 0 Å². The Hall–Kier alpha value is -13.7. The van der Waals surface area contributed by atoms with E-state index in [0.29, 0.717) is 92.2 Å². The van der Waals surface area contributed by atoms with Gasteiger partial charge in [-0.15, -0.1) is 39.5 Å². The average molecular weight is 1660 g/mol. The summed E-state index contributed by atoms with van der Waals surface area (Å²) in [5.41, 5.74) is 26.3. The summed E-state index contributed by atoms with van der Waals surface area (Å²) in [5.74, 6) is 8.64. The van der Waals surface area contributed by atoms with Crippen LogP contribution in [0.4, 0.5) is 34.1 Å². The molecule has 6 heterocycles. The number of anilines is 6. The number of benzene rings is 12. The van der Waals surface area contributed by atoms with Crippen molar-refractivity contribution in [2.24, 2.45) is 0 Å². The molecule has 0 aromatic heterocycles. The lowest BCUT2D eigenvalue weighted by Crippen LogP contribution is -2.33. The fourth-order valence-electron chi connectivity index (χ4n) is 18.7. The van der Waals surface area contributed by atoms with E-state index >= 15 is 0 Å². The van der Waals surface area contributed by atoms with E-state index in [2.05, 4.69) is 292 Å². The second-order valence-corrected chi connectivity index (χ2v) is 35.3. The largest absolute Gasteiger partial charge is 0.472 e. The zero-order valence-electron chi connectivity index (χ0n) is 72.8. The lowest BCUT2D eigenvalue weighted by atomic mass is 9.75. The fourth-order valence-corrected chi connectivity index (χ4v) is 18.7. The maximum Gasteiger partial charge on any atom is 0.161 e. The molecule has 0 atom stereocenters. The van der Waals surface area contributed by atoms with Gasteiger partial charge in [0.05, 0.1) is 0 Å². The summed E-state index contributed by atoms with van der Waals surface area (Å²) in [6.45, 7) is 45.7. The molecule has 0 saturated carbocycles. The molecule has 0 aliphatic carbocycles. The van der Waals surface area contributed by atoms with Crippen molar-refractivity contribution in [3.8, 4) is 57.5 Å². The lowest BCUT2D eigenvalue weighted by molar-refractivity contribution is 0.286. The van der Waals surface area contributed by atoms with Crippen molar-refractivity contribution >= 4 is 34.1 Å². The molecule has 6 aliphatic heterocycles. The number of fused-ring (bicyclic) bond motifs is 6. The van der Waals surface area contributed by atoms with Crippen LogP contribution in [0, 0.1) is 0 Å². The first-order chi connectivity index (χ1) is 60.8. The number of para-hydroxylation sites is 2. The third-order valence-corrected chi connectivity index (χ3v) is 25.8. The van der Waals surface area contributed by atoms with Crippen molar-refractivity contribution in [2.45, 2.75) is 136 Å². The van der Waals surface area contributed by atoms with Gasteiger partial charge in [0, 0.05) is 123 Å². The molecule has 0 bridgehead atoms. The zero-order chi connectivity index (χ0) is 86.1. The molecule has 18 rings (SSSR count). The Balaban J connectivity index is 0.512. The van der Waals surface area contributed by atoms with E-state index in [1.54, 1.807) is 0 Å². The SMILES string of the molecule is C=CCc1cc(C(C)(C)c2cc(CC=C)c3c(c2)CN(c2ccc(Oc4ccc(N5COc6c(CC=C)cc(C(C)(C)c7cc(CC=C)c8c(c7)CN(c7ccc(Oc9ccc(N%10COc%11c(CC=C)cc(C(C)(C)c%12cc(CC=C)c%13c(c%12)CN(c%12ccccc%12)CO%13)cc%11C%10)cc9)cc7)CO8)cc6C5)cc4)cc2)CO3)cc2c1OCN(c1ccccc1)C2. The van der Waals surface area contributed by atoms with Crippen LogP contribution in [-0.2, 0) is 94.0 Å². The van der Waals surface area contributed by atoms with Crippen LogP contribution < -0.4 is 67.3 Å². The van der Waals surface area contributed by atoms with Crippen LogP contribution in [-0.4, -0.2) is 40.4 Å². The monoisotopic (exact) mass is 1650 g/mol. The predicted octanol–water partition coefficient (Wildman–Crippen LogP) is 24.8. The summed E-state index contributed by atoms with van der Waals surface area (Å²) < 4.78 is 52.9. The van der Waals surface area contributed by atoms with E-state index in [0.717, 1.165) is 173 Å². The van der Waals surface area contributed by atoms with Crippen molar-refractivity contribution in [3.05, 3.63) is 407 Å². The van der Waals surface area contributed by atoms with E-state index in [4.69, 9.17) is 37.9 Å². The van der Waals surface area contributed by atoms with Gasteiger partial charge in [-0.1, -0.05) is 151 Å². The predicted molar refractivity (Wildman–Crippen MR) is 507 cm³/mol. The van der Waals surface area contributed by atoms with Crippen molar-refractivity contribution in [2.75, 3.05) is 69.8 Å². The van der Waals surface area contributed by atoms with Gasteiger partial charge in [0.25, 0.3) is 0 Å². The molecule has 6 aliphatic rings. The first kappa shape index (κ1) is 82.2. The molecule has 0 radical (unpaired) electrons. The average Bonchev–Trinajstić information content (AvgIpc) is 0.758. The van der Waals surface area contributed by atoms with Gasteiger partial charge in [-0.25, -0.2) is 0 Å². The summed E-state index contributed by atoms with van der Waals surface area (Å²) in [7, 11) is 0. The quantitative estimate of drug-likeness (QED) is 0.0436. The molecule has 12 aromatic rings. The number of ether oxygens (including phenoxy) is 8. The van der Waals surface area contributed by atoms with Gasteiger partial charge in [-0.05, 0) is 263 Å². The fraction of sp³-hybridized carbons (Fsp3) is 0.243. The van der Waals surface area contributed by atoms with Gasteiger partial charge >= 0.3 is 0 Å². The third kappa shape index (κ3) is 16.7. The standard InChI is InChI=1S/C111H110N6O8/c1-13-25-75-51-87(57-81-63-112(69-118-103(75)81)93-31-21-19-22-32-93)109(7,8)89-53-77(27-15-3)105-83(59-89)65-114(71-120-105)95-35-43-99(44-36-95)124-101-47-39-97(40-48-101)116-67-85-61-91(55-79(29-17-5)107(85)122-73-116)111(11,12)92-56-80(30-18-6)108-86(62-92)68-117(74-123-108)98-41-49-102(50-42-98)125-100-45-37-96(38-46-100)115-66-84-60-90(54-78(28-16-4)106(84)121-72-115)110(9,10)88-52-76(26-14-2)104-82(58-88)64-113(70-119-104)94-33-23-20-24-34-94/h13-24,31-62H,1-6,25-30,63-74H2,7-12H3. The van der Waals surface area contributed by atoms with Gasteiger partial charge in [0.1, 0.15) is 57.5 Å². The Morgan fingerprint density at radius 1 is 0.240 bits per heavy atom. The van der Waals surface area contributed by atoms with Crippen LogP contribution in [0.5, 0.6) is 57.5 Å². The molecule has 12 aromatic carbocycles. The molecule has 0 fully saturated rings. The summed E-state index contributed by atoms with van der Waals surface area (Å²) >= 11 is 0. The van der Waals surface area contributed by atoms with Crippen molar-refractivity contribution in [1.29, 1.82) is 0 Å². The van der Waals surface area contributed by atoms with Crippen molar-refractivity contribution < 1.29 is 37.9 Å². The molecule has 125 heavy (non-hydrogen) atoms. The van der Waals surface area contributed by atoms with E-state index in [-0.39, 0.29) is 10.8 Å². The molecule has 0 unspecified atom stereocenters. The molecule has 0 spiro atoms. The van der Waals surface area contributed by atoms with E-state index in [1.807, 2.05) is 85.0 Å². The molecule has 0 amide bonds. The van der Waals surface area contributed by atoms with E-state index in [1.165, 1.54) is 44.5 Å². The topological polar surface area (TPSA) is 93.3 Å². The molecule has 14 heteroatoms. The summed E-state index contributed by atoms with van der Waals surface area (Å²) in [6, 6.07) is 82.2. The smallest absolute Gasteiger partial charge is 0.161 e. The number of allylic oxidation sites excluding steroid dienone is 6. The number of hydrogen-bond acceptors (Lipinski definition) is 14. The minimum absolute atomic E-state index is 0.354. The molecular formula is C111H110N6O8. The van der Waals surface area contributed by atoms with Crippen LogP contribution in [0.25, 0.3) is 0 Å². The minimum atomic E-state index is -0.420. The Morgan fingerprint density at radius 2 is 0.408 bits per heavy atom. The van der Waals surface area contributed by atoms with Crippen molar-refractivity contribution in [3.63, 3.8) is 0 Å². The normalized spacial score (nSPS) is 14.6. The second-order valence-electron chi connectivity index (χ2n) is 35.3. The third-order valence-electron chi connectivity index (χ3n) is 25.8. The Morgan fingerprint density at radius 3 is 0.576 bits per heavy atom. The Labute approximate surface area is 737 Å². The number of hydrogen-bond donors (Lipinski definition) is 0. The highest BCUT2D eigenvalue weighted by molar-refractivity contribution is 5.66. The van der Waals surface area contributed by atoms with Crippen LogP contribution in [0.3, 0.4) is 0 Å². The lowest BCUT2D eigenvalue weighted by Gasteiger charge is -2.36. The van der Waals surface area contributed by atoms with Gasteiger partial charge in [0.15, 0.2) is 40.4 Å². The molecule has 14 nitrogen and oxygen atoms in total. The van der Waals surface area contributed by atoms with E-state index in [9.17, 15) is 0 Å². The van der Waals surface area contributed by atoms with Gasteiger partial charge in [-0.3, -0.25) is 0 Å². The van der Waals surface area contributed by atoms with Gasteiger partial charge in [-0.2, -0.15) is 0 Å². The van der Waals surface area contributed by atoms with E-state index < -0.39 is 5.41 Å². The maximum atomic E-state index is 6.72. The highest BCUT2D eigenvalue weighted by Gasteiger charge is 2.37. The first-order valence-corrected chi connectivity index (χ1v) is 43.6. The molecule has 0 N–H and O–H groups in total. The van der Waals surface area contributed by atoms with Crippen molar-refractivity contribution in [1.82, 2.24) is 0 Å². The molecule has 0 saturated heterocycles. The first-order valence-electron chi connectivity index (χ1n) is 43.6. The molecular weight excluding hydrogens is 1550 g/mol. The van der Waals surface area contributed by atoms with Crippen LogP contribution >= 0.6 is 0 Å². The Kier molecular flexibility index (Phi) is 23.0. The summed E-state index contributed by atoms with van der Waals surface area (Å²) in [5, 5.41) is 0. The zero-order valence-corrected chi connectivity index (χ0v) is 72.8. The van der Waals surface area contributed by atoms with Crippen LogP contribution in [0.2, 0.25) is 0 Å². The summed E-state index contributed by atoms with van der Waals surface area (Å²) in [6.07, 6.45) is 16.0. The minimum Gasteiger partial charge on any atom is -0.472 e. The Bertz CT molecular complexity index is 5710. The van der Waals surface area contributed by atoms with Gasteiger partial charge < -0.3 is 67.3 Å².